The van der Waals surface area contributed by atoms with Crippen molar-refractivity contribution in [2.45, 2.75) is 37.3 Å². The molecule has 4 atom stereocenters. The normalized spacial score (nSPS) is 32.1. The molecule has 2 aliphatic rings. The largest absolute Gasteiger partial charge is 0.300 e. The fourth-order valence-electron chi connectivity index (χ4n) is 4.05. The summed E-state index contributed by atoms with van der Waals surface area (Å²) < 4.78 is 0. The van der Waals surface area contributed by atoms with Gasteiger partial charge in [-0.2, -0.15) is 0 Å². The van der Waals surface area contributed by atoms with Gasteiger partial charge in [-0.05, 0) is 49.9 Å². The molecule has 1 N–H and O–H groups in total. The molecule has 1 aromatic carbocycles. The lowest BCUT2D eigenvalue weighted by atomic mass is 9.76. The van der Waals surface area contributed by atoms with Gasteiger partial charge in [-0.3, -0.25) is 14.5 Å². The minimum atomic E-state index is -0.0742. The minimum Gasteiger partial charge on any atom is -0.300 e. The van der Waals surface area contributed by atoms with Crippen LogP contribution in [0.5, 0.6) is 0 Å². The SMILES string of the molecule is CONC(=O)[C@H]1[C@@H](c2ccc(Cl)cc2)C[C@@H]2CC[C@H]1N2C. The third-order valence-electron chi connectivity index (χ3n) is 5.07. The number of rotatable bonds is 3. The molecule has 0 radical (unpaired) electrons. The Labute approximate surface area is 130 Å². The van der Waals surface area contributed by atoms with Gasteiger partial charge in [0.25, 0.3) is 0 Å². The van der Waals surface area contributed by atoms with Crippen LogP contribution in [0.2, 0.25) is 5.02 Å². The Balaban J connectivity index is 1.92. The van der Waals surface area contributed by atoms with E-state index in [9.17, 15) is 4.79 Å². The van der Waals surface area contributed by atoms with Crippen LogP contribution in [0, 0.1) is 5.92 Å². The number of benzene rings is 1. The number of nitrogens with one attached hydrogen (secondary N) is 1. The molecular weight excluding hydrogens is 288 g/mol. The lowest BCUT2D eigenvalue weighted by molar-refractivity contribution is -0.140. The van der Waals surface area contributed by atoms with E-state index in [1.165, 1.54) is 19.1 Å². The monoisotopic (exact) mass is 308 g/mol. The highest BCUT2D eigenvalue weighted by Crippen LogP contribution is 2.46. The summed E-state index contributed by atoms with van der Waals surface area (Å²) in [5, 5.41) is 0.729. The van der Waals surface area contributed by atoms with E-state index in [2.05, 4.69) is 17.4 Å². The first kappa shape index (κ1) is 14.8. The molecule has 21 heavy (non-hydrogen) atoms. The molecule has 1 aromatic rings. The third kappa shape index (κ3) is 2.68. The van der Waals surface area contributed by atoms with Gasteiger partial charge in [0.2, 0.25) is 5.91 Å². The predicted molar refractivity (Wildman–Crippen MR) is 82.0 cm³/mol. The standard InChI is InChI=1S/C16H21ClN2O2/c1-19-12-7-8-14(19)15(16(20)18-21-2)13(9-12)10-3-5-11(17)6-4-10/h3-6,12-15H,7-9H2,1-2H3,(H,18,20)/t12-,13+,14+,15-/m0/s1. The Hall–Kier alpha value is -1.10. The van der Waals surface area contributed by atoms with E-state index >= 15 is 0 Å². The van der Waals surface area contributed by atoms with Crippen molar-refractivity contribution in [1.82, 2.24) is 10.4 Å². The molecule has 0 aliphatic carbocycles. The van der Waals surface area contributed by atoms with Crippen molar-refractivity contribution in [3.05, 3.63) is 34.9 Å². The average molecular weight is 309 g/mol. The second kappa shape index (κ2) is 5.95. The number of nitrogens with zero attached hydrogens (tertiary/aromatic N) is 1. The Morgan fingerprint density at radius 2 is 2.05 bits per heavy atom. The van der Waals surface area contributed by atoms with Crippen LogP contribution in [-0.2, 0) is 9.63 Å². The highest BCUT2D eigenvalue weighted by molar-refractivity contribution is 6.30. The van der Waals surface area contributed by atoms with E-state index < -0.39 is 0 Å². The second-order valence-electron chi connectivity index (χ2n) is 6.05. The van der Waals surface area contributed by atoms with Crippen LogP contribution < -0.4 is 5.48 Å². The first-order valence-corrected chi connectivity index (χ1v) is 7.80. The van der Waals surface area contributed by atoms with Crippen molar-refractivity contribution in [1.29, 1.82) is 0 Å². The fourth-order valence-corrected chi connectivity index (χ4v) is 4.17. The molecule has 0 spiro atoms. The Bertz CT molecular complexity index is 520. The number of halogens is 1. The third-order valence-corrected chi connectivity index (χ3v) is 5.32. The maximum Gasteiger partial charge on any atom is 0.248 e. The van der Waals surface area contributed by atoms with Crippen molar-refractivity contribution < 1.29 is 9.63 Å². The van der Waals surface area contributed by atoms with Crippen LogP contribution in [0.4, 0.5) is 0 Å². The molecule has 2 heterocycles. The number of hydroxylamine groups is 1. The first-order valence-electron chi connectivity index (χ1n) is 7.42. The quantitative estimate of drug-likeness (QED) is 0.873. The van der Waals surface area contributed by atoms with Crippen molar-refractivity contribution in [2.75, 3.05) is 14.2 Å². The van der Waals surface area contributed by atoms with E-state index in [1.54, 1.807) is 0 Å². The van der Waals surface area contributed by atoms with Gasteiger partial charge in [0.15, 0.2) is 0 Å². The topological polar surface area (TPSA) is 41.6 Å². The minimum absolute atomic E-state index is 0.0188. The molecule has 5 heteroatoms. The van der Waals surface area contributed by atoms with Crippen molar-refractivity contribution >= 4 is 17.5 Å². The van der Waals surface area contributed by atoms with Crippen LogP contribution in [-0.4, -0.2) is 37.0 Å². The van der Waals surface area contributed by atoms with Crippen molar-refractivity contribution in [3.63, 3.8) is 0 Å². The molecule has 2 bridgehead atoms. The summed E-state index contributed by atoms with van der Waals surface area (Å²) in [6.45, 7) is 0. The lowest BCUT2D eigenvalue weighted by Gasteiger charge is -2.42. The molecule has 2 aliphatic heterocycles. The van der Waals surface area contributed by atoms with E-state index in [0.717, 1.165) is 17.9 Å². The summed E-state index contributed by atoms with van der Waals surface area (Å²) in [4.78, 5) is 19.7. The molecule has 1 amide bonds. The first-order chi connectivity index (χ1) is 10.1. The molecule has 4 nitrogen and oxygen atoms in total. The van der Waals surface area contributed by atoms with Gasteiger partial charge in [-0.25, -0.2) is 5.48 Å². The van der Waals surface area contributed by atoms with Gasteiger partial charge in [0, 0.05) is 17.1 Å². The van der Waals surface area contributed by atoms with Gasteiger partial charge in [0.05, 0.1) is 13.0 Å². The van der Waals surface area contributed by atoms with Crippen LogP contribution in [0.15, 0.2) is 24.3 Å². The molecule has 3 rings (SSSR count). The molecule has 114 valence electrons. The van der Waals surface area contributed by atoms with E-state index in [1.807, 2.05) is 24.3 Å². The summed E-state index contributed by atoms with van der Waals surface area (Å²) in [5.41, 5.74) is 3.73. The fraction of sp³-hybridized carbons (Fsp3) is 0.562. The summed E-state index contributed by atoms with van der Waals surface area (Å²) in [5.74, 6) is 0.135. The highest BCUT2D eigenvalue weighted by atomic mass is 35.5. The van der Waals surface area contributed by atoms with Gasteiger partial charge in [-0.15, -0.1) is 0 Å². The second-order valence-corrected chi connectivity index (χ2v) is 6.49. The molecule has 0 aromatic heterocycles. The van der Waals surface area contributed by atoms with Crippen LogP contribution in [0.25, 0.3) is 0 Å². The zero-order chi connectivity index (χ0) is 15.0. The maximum absolute atomic E-state index is 12.5. The number of fused-ring (bicyclic) bond motifs is 2. The van der Waals surface area contributed by atoms with Crippen LogP contribution in [0.1, 0.15) is 30.7 Å². The van der Waals surface area contributed by atoms with Crippen LogP contribution >= 0.6 is 11.6 Å². The van der Waals surface area contributed by atoms with E-state index in [0.29, 0.717) is 12.1 Å². The number of piperidine rings is 1. The number of hydrogen-bond donors (Lipinski definition) is 1. The number of amides is 1. The average Bonchev–Trinajstić information content (AvgIpc) is 2.72. The molecular formula is C16H21ClN2O2. The van der Waals surface area contributed by atoms with E-state index in [4.69, 9.17) is 16.4 Å². The Morgan fingerprint density at radius 3 is 2.71 bits per heavy atom. The van der Waals surface area contributed by atoms with Crippen LogP contribution in [0.3, 0.4) is 0 Å². The number of hydrogen-bond acceptors (Lipinski definition) is 3. The van der Waals surface area contributed by atoms with Gasteiger partial charge in [0.1, 0.15) is 0 Å². The van der Waals surface area contributed by atoms with Gasteiger partial charge >= 0.3 is 0 Å². The summed E-state index contributed by atoms with van der Waals surface area (Å²) >= 11 is 5.98. The Morgan fingerprint density at radius 1 is 1.33 bits per heavy atom. The summed E-state index contributed by atoms with van der Waals surface area (Å²) in [7, 11) is 3.62. The predicted octanol–water partition coefficient (Wildman–Crippen LogP) is 2.58. The summed E-state index contributed by atoms with van der Waals surface area (Å²) in [6, 6.07) is 8.77. The van der Waals surface area contributed by atoms with Crippen molar-refractivity contribution in [3.8, 4) is 0 Å². The molecule has 0 saturated carbocycles. The zero-order valence-electron chi connectivity index (χ0n) is 12.4. The smallest absolute Gasteiger partial charge is 0.248 e. The van der Waals surface area contributed by atoms with Gasteiger partial charge < -0.3 is 0 Å². The number of carbonyl (C=O) groups is 1. The lowest BCUT2D eigenvalue weighted by Crippen LogP contribution is -2.51. The molecule has 2 saturated heterocycles. The Kier molecular flexibility index (Phi) is 4.20. The van der Waals surface area contributed by atoms with Gasteiger partial charge in [-0.1, -0.05) is 23.7 Å². The van der Waals surface area contributed by atoms with E-state index in [-0.39, 0.29) is 17.7 Å². The molecule has 0 unspecified atom stereocenters. The number of carbonyl (C=O) groups excluding carboxylic acids is 1. The molecule has 2 fully saturated rings. The highest BCUT2D eigenvalue weighted by Gasteiger charge is 2.49. The zero-order valence-corrected chi connectivity index (χ0v) is 13.1. The maximum atomic E-state index is 12.5. The summed E-state index contributed by atoms with van der Waals surface area (Å²) in [6.07, 6.45) is 3.26. The van der Waals surface area contributed by atoms with Crippen molar-refractivity contribution in [2.24, 2.45) is 5.92 Å².